The fourth-order valence-electron chi connectivity index (χ4n) is 2.85. The maximum Gasteiger partial charge on any atom is 0.145 e. The van der Waals surface area contributed by atoms with Crippen LogP contribution in [0.1, 0.15) is 0 Å². The zero-order valence-corrected chi connectivity index (χ0v) is 11.6. The molecule has 0 amide bonds. The van der Waals surface area contributed by atoms with E-state index in [1.165, 1.54) is 0 Å². The summed E-state index contributed by atoms with van der Waals surface area (Å²) < 4.78 is 10.2. The molecule has 0 spiro atoms. The van der Waals surface area contributed by atoms with Crippen LogP contribution in [-0.2, 0) is 9.47 Å². The van der Waals surface area contributed by atoms with E-state index in [4.69, 9.17) is 19.7 Å². The molecule has 0 aromatic heterocycles. The number of rotatable bonds is 3. The van der Waals surface area contributed by atoms with Crippen molar-refractivity contribution in [2.24, 2.45) is 0 Å². The summed E-state index contributed by atoms with van der Waals surface area (Å²) in [7, 11) is 0. The molecule has 2 aliphatic heterocycles. The van der Waals surface area contributed by atoms with Gasteiger partial charge in [-0.1, -0.05) is 0 Å². The van der Waals surface area contributed by atoms with Gasteiger partial charge in [0.1, 0.15) is 54.4 Å². The van der Waals surface area contributed by atoms with Gasteiger partial charge in [-0.05, 0) is 0 Å². The Morgan fingerprint density at radius 2 is 1.41 bits per heavy atom. The zero-order chi connectivity index (χ0) is 16.7. The molecule has 130 valence electrons. The Kier molecular flexibility index (Phi) is 5.39. The molecule has 22 heavy (non-hydrogen) atoms. The van der Waals surface area contributed by atoms with E-state index in [0.717, 1.165) is 0 Å². The minimum Gasteiger partial charge on any atom is -0.394 e. The summed E-state index contributed by atoms with van der Waals surface area (Å²) in [4.78, 5) is 0. The van der Waals surface area contributed by atoms with Crippen molar-refractivity contribution in [2.45, 2.75) is 54.4 Å². The Morgan fingerprint density at radius 1 is 0.818 bits per heavy atom. The van der Waals surface area contributed by atoms with Gasteiger partial charge in [0.05, 0.1) is 19.8 Å². The predicted octanol–water partition coefficient (Wildman–Crippen LogP) is -5.33. The second kappa shape index (κ2) is 6.61. The quantitative estimate of drug-likeness (QED) is 0.249. The average molecular weight is 326 g/mol. The molecule has 10 nitrogen and oxygen atoms in total. The standard InChI is InChI=1S/C12H22O10/c13-1-4-7(16)10(19)12(20,3-21-4)11-9(18)8(17)6(15)5(2-14)22-11/h4-11,13-20H,1-3H2/t4-,5-,6-,7-,8+,9-,10+,11+,12+/m1/s1. The highest BCUT2D eigenvalue weighted by molar-refractivity contribution is 5.08. The van der Waals surface area contributed by atoms with E-state index in [1.54, 1.807) is 0 Å². The lowest BCUT2D eigenvalue weighted by Crippen LogP contribution is -2.73. The minimum absolute atomic E-state index is 0.594. The SMILES string of the molecule is OC[C@H]1OC[C@@](O)([C@H]2O[C@H](CO)[C@@H](O)[C@H](O)[C@H]2O)[C@@H](O)[C@@H]1O. The Bertz CT molecular complexity index is 379. The maximum absolute atomic E-state index is 10.6. The third-order valence-corrected chi connectivity index (χ3v) is 4.31. The topological polar surface area (TPSA) is 180 Å². The van der Waals surface area contributed by atoms with E-state index in [0.29, 0.717) is 0 Å². The molecule has 0 aromatic carbocycles. The van der Waals surface area contributed by atoms with Gasteiger partial charge in [0.2, 0.25) is 0 Å². The van der Waals surface area contributed by atoms with Crippen LogP contribution in [-0.4, -0.2) is 115 Å². The summed E-state index contributed by atoms with van der Waals surface area (Å²) in [6, 6.07) is 0. The van der Waals surface area contributed by atoms with Gasteiger partial charge in [-0.25, -0.2) is 0 Å². The molecule has 2 heterocycles. The van der Waals surface area contributed by atoms with Crippen molar-refractivity contribution in [1.82, 2.24) is 0 Å². The molecule has 9 atom stereocenters. The monoisotopic (exact) mass is 326 g/mol. The Balaban J connectivity index is 2.24. The summed E-state index contributed by atoms with van der Waals surface area (Å²) >= 11 is 0. The van der Waals surface area contributed by atoms with Gasteiger partial charge in [-0.2, -0.15) is 0 Å². The second-order valence-electron chi connectivity index (χ2n) is 5.71. The molecule has 2 fully saturated rings. The van der Waals surface area contributed by atoms with Gasteiger partial charge in [0, 0.05) is 0 Å². The molecular weight excluding hydrogens is 304 g/mol. The molecule has 0 aromatic rings. The van der Waals surface area contributed by atoms with Gasteiger partial charge in [-0.15, -0.1) is 0 Å². The first-order valence-corrected chi connectivity index (χ1v) is 6.89. The number of ether oxygens (including phenoxy) is 2. The average Bonchev–Trinajstić information content (AvgIpc) is 2.51. The largest absolute Gasteiger partial charge is 0.394 e. The van der Waals surface area contributed by atoms with E-state index < -0.39 is 74.3 Å². The minimum atomic E-state index is -2.31. The van der Waals surface area contributed by atoms with Gasteiger partial charge in [0.15, 0.2) is 0 Å². The highest BCUT2D eigenvalue weighted by atomic mass is 16.6. The van der Waals surface area contributed by atoms with Crippen LogP contribution in [0.15, 0.2) is 0 Å². The van der Waals surface area contributed by atoms with E-state index >= 15 is 0 Å². The van der Waals surface area contributed by atoms with E-state index in [9.17, 15) is 30.6 Å². The van der Waals surface area contributed by atoms with Crippen molar-refractivity contribution < 1.29 is 50.3 Å². The lowest BCUT2D eigenvalue weighted by Gasteiger charge is -2.51. The first-order valence-electron chi connectivity index (χ1n) is 6.89. The van der Waals surface area contributed by atoms with Gasteiger partial charge >= 0.3 is 0 Å². The summed E-state index contributed by atoms with van der Waals surface area (Å²) in [6.45, 7) is -1.89. The highest BCUT2D eigenvalue weighted by Crippen LogP contribution is 2.35. The van der Waals surface area contributed by atoms with Crippen molar-refractivity contribution in [1.29, 1.82) is 0 Å². The summed E-state index contributed by atoms with van der Waals surface area (Å²) in [5.74, 6) is 0. The fourth-order valence-corrected chi connectivity index (χ4v) is 2.85. The molecule has 0 saturated carbocycles. The lowest BCUT2D eigenvalue weighted by atomic mass is 9.78. The van der Waals surface area contributed by atoms with Crippen LogP contribution >= 0.6 is 0 Å². The third kappa shape index (κ3) is 2.76. The summed E-state index contributed by atoms with van der Waals surface area (Å²) in [6.07, 6.45) is -12.7. The van der Waals surface area contributed by atoms with Gasteiger partial charge in [0.25, 0.3) is 0 Å². The molecular formula is C12H22O10. The highest BCUT2D eigenvalue weighted by Gasteiger charge is 2.59. The molecule has 0 aliphatic carbocycles. The van der Waals surface area contributed by atoms with Gasteiger partial charge < -0.3 is 50.3 Å². The van der Waals surface area contributed by atoms with Gasteiger partial charge in [-0.3, -0.25) is 0 Å². The van der Waals surface area contributed by atoms with Crippen LogP contribution in [0.5, 0.6) is 0 Å². The molecule has 0 bridgehead atoms. The van der Waals surface area contributed by atoms with Crippen LogP contribution in [0.25, 0.3) is 0 Å². The van der Waals surface area contributed by atoms with Crippen molar-refractivity contribution in [3.63, 3.8) is 0 Å². The van der Waals surface area contributed by atoms with E-state index in [-0.39, 0.29) is 0 Å². The third-order valence-electron chi connectivity index (χ3n) is 4.31. The first kappa shape index (κ1) is 17.9. The Morgan fingerprint density at radius 3 is 1.95 bits per heavy atom. The molecule has 2 saturated heterocycles. The number of aliphatic hydroxyl groups excluding tert-OH is 7. The van der Waals surface area contributed by atoms with Crippen LogP contribution < -0.4 is 0 Å². The second-order valence-corrected chi connectivity index (χ2v) is 5.71. The molecule has 10 heteroatoms. The van der Waals surface area contributed by atoms with Crippen LogP contribution in [0.3, 0.4) is 0 Å². The first-order chi connectivity index (χ1) is 10.3. The molecule has 0 unspecified atom stereocenters. The molecule has 2 rings (SSSR count). The number of aliphatic hydroxyl groups is 8. The van der Waals surface area contributed by atoms with E-state index in [1.807, 2.05) is 0 Å². The zero-order valence-electron chi connectivity index (χ0n) is 11.6. The molecule has 0 radical (unpaired) electrons. The Hall–Kier alpha value is -0.400. The molecule has 2 aliphatic rings. The summed E-state index contributed by atoms with van der Waals surface area (Å²) in [5.41, 5.74) is -2.31. The lowest BCUT2D eigenvalue weighted by molar-refractivity contribution is -0.323. The number of hydrogen-bond donors (Lipinski definition) is 8. The number of hydrogen-bond acceptors (Lipinski definition) is 10. The fraction of sp³-hybridized carbons (Fsp3) is 1.00. The predicted molar refractivity (Wildman–Crippen MR) is 67.6 cm³/mol. The van der Waals surface area contributed by atoms with Crippen LogP contribution in [0, 0.1) is 0 Å². The van der Waals surface area contributed by atoms with Crippen molar-refractivity contribution in [2.75, 3.05) is 19.8 Å². The van der Waals surface area contributed by atoms with Crippen molar-refractivity contribution in [3.8, 4) is 0 Å². The van der Waals surface area contributed by atoms with Crippen LogP contribution in [0.2, 0.25) is 0 Å². The van der Waals surface area contributed by atoms with Crippen molar-refractivity contribution >= 4 is 0 Å². The van der Waals surface area contributed by atoms with Crippen molar-refractivity contribution in [3.05, 3.63) is 0 Å². The Labute approximate surface area is 125 Å². The van der Waals surface area contributed by atoms with E-state index in [2.05, 4.69) is 0 Å². The van der Waals surface area contributed by atoms with Crippen LogP contribution in [0.4, 0.5) is 0 Å². The maximum atomic E-state index is 10.6. The normalized spacial score (nSPS) is 53.5. The smallest absolute Gasteiger partial charge is 0.145 e. The summed E-state index contributed by atoms with van der Waals surface area (Å²) in [5, 5.41) is 78.1. The molecule has 8 N–H and O–H groups in total.